The van der Waals surface area contributed by atoms with Crippen LogP contribution < -0.4 is 0 Å². The molecular formula is C14H14ClNO2S. The first-order valence-electron chi connectivity index (χ1n) is 5.98. The zero-order chi connectivity index (χ0) is 13.8. The van der Waals surface area contributed by atoms with Crippen LogP contribution in [0.2, 0.25) is 5.02 Å². The van der Waals surface area contributed by atoms with Gasteiger partial charge in [-0.25, -0.2) is 9.78 Å². The molecule has 5 heteroatoms. The van der Waals surface area contributed by atoms with Crippen molar-refractivity contribution in [1.29, 1.82) is 0 Å². The van der Waals surface area contributed by atoms with Crippen molar-refractivity contribution in [3.63, 3.8) is 0 Å². The van der Waals surface area contributed by atoms with E-state index in [0.29, 0.717) is 23.7 Å². The fourth-order valence-electron chi connectivity index (χ4n) is 1.72. The summed E-state index contributed by atoms with van der Waals surface area (Å²) in [5.41, 5.74) is 1.42. The van der Waals surface area contributed by atoms with Crippen LogP contribution in [-0.4, -0.2) is 17.6 Å². The number of carbonyl (C=O) groups excluding carboxylic acids is 1. The Hall–Kier alpha value is -1.39. The summed E-state index contributed by atoms with van der Waals surface area (Å²) in [5.74, 6) is -0.360. The third-order valence-corrected chi connectivity index (χ3v) is 3.95. The lowest BCUT2D eigenvalue weighted by molar-refractivity contribution is 0.0519. The molecule has 2 rings (SSSR count). The third-order valence-electron chi connectivity index (χ3n) is 2.61. The monoisotopic (exact) mass is 295 g/mol. The molecule has 0 spiro atoms. The van der Waals surface area contributed by atoms with Gasteiger partial charge in [0.05, 0.1) is 11.6 Å². The molecule has 0 atom stereocenters. The number of benzene rings is 1. The SMILES string of the molecule is CCOC(=O)c1nc(Cc2ccccc2Cl)sc1C. The second-order valence-electron chi connectivity index (χ2n) is 4.00. The van der Waals surface area contributed by atoms with Crippen LogP contribution in [0.1, 0.15) is 32.9 Å². The number of ether oxygens (including phenoxy) is 1. The summed E-state index contributed by atoms with van der Waals surface area (Å²) in [6.45, 7) is 4.01. The molecule has 19 heavy (non-hydrogen) atoms. The van der Waals surface area contributed by atoms with Gasteiger partial charge >= 0.3 is 5.97 Å². The van der Waals surface area contributed by atoms with Crippen LogP contribution in [0.4, 0.5) is 0 Å². The summed E-state index contributed by atoms with van der Waals surface area (Å²) in [4.78, 5) is 16.9. The number of aromatic nitrogens is 1. The van der Waals surface area contributed by atoms with Gasteiger partial charge in [-0.1, -0.05) is 29.8 Å². The Morgan fingerprint density at radius 3 is 2.84 bits per heavy atom. The van der Waals surface area contributed by atoms with Gasteiger partial charge in [-0.2, -0.15) is 0 Å². The average Bonchev–Trinajstić information content (AvgIpc) is 2.74. The fraction of sp³-hybridized carbons (Fsp3) is 0.286. The Labute approximate surface area is 121 Å². The molecule has 1 heterocycles. The molecule has 0 aliphatic rings. The van der Waals surface area contributed by atoms with Crippen molar-refractivity contribution in [2.24, 2.45) is 0 Å². The molecule has 0 N–H and O–H groups in total. The van der Waals surface area contributed by atoms with Gasteiger partial charge in [0.25, 0.3) is 0 Å². The maximum absolute atomic E-state index is 11.7. The first-order valence-corrected chi connectivity index (χ1v) is 7.18. The molecule has 0 aliphatic heterocycles. The van der Waals surface area contributed by atoms with Crippen molar-refractivity contribution >= 4 is 28.9 Å². The minimum absolute atomic E-state index is 0.357. The van der Waals surface area contributed by atoms with Crippen LogP contribution in [0.25, 0.3) is 0 Å². The largest absolute Gasteiger partial charge is 0.461 e. The Morgan fingerprint density at radius 1 is 1.42 bits per heavy atom. The third kappa shape index (κ3) is 3.33. The van der Waals surface area contributed by atoms with Gasteiger partial charge in [0.15, 0.2) is 5.69 Å². The van der Waals surface area contributed by atoms with E-state index in [0.717, 1.165) is 15.4 Å². The van der Waals surface area contributed by atoms with Crippen molar-refractivity contribution in [2.45, 2.75) is 20.3 Å². The van der Waals surface area contributed by atoms with E-state index in [4.69, 9.17) is 16.3 Å². The first-order chi connectivity index (χ1) is 9.11. The molecule has 1 aromatic carbocycles. The van der Waals surface area contributed by atoms with Gasteiger partial charge in [-0.3, -0.25) is 0 Å². The fourth-order valence-corrected chi connectivity index (χ4v) is 2.87. The number of carbonyl (C=O) groups is 1. The minimum atomic E-state index is -0.360. The summed E-state index contributed by atoms with van der Waals surface area (Å²) in [6.07, 6.45) is 0.630. The Bertz CT molecular complexity index is 595. The van der Waals surface area contributed by atoms with E-state index in [2.05, 4.69) is 4.98 Å². The Kier molecular flexibility index (Phi) is 4.56. The van der Waals surface area contributed by atoms with Crippen molar-refractivity contribution < 1.29 is 9.53 Å². The van der Waals surface area contributed by atoms with E-state index in [-0.39, 0.29) is 5.97 Å². The predicted molar refractivity (Wildman–Crippen MR) is 77.1 cm³/mol. The number of esters is 1. The molecule has 100 valence electrons. The number of hydrogen-bond donors (Lipinski definition) is 0. The van der Waals surface area contributed by atoms with E-state index in [1.807, 2.05) is 31.2 Å². The summed E-state index contributed by atoms with van der Waals surface area (Å²) in [5, 5.41) is 1.58. The molecule has 0 aliphatic carbocycles. The van der Waals surface area contributed by atoms with E-state index in [1.54, 1.807) is 6.92 Å². The lowest BCUT2D eigenvalue weighted by Crippen LogP contribution is -2.06. The molecule has 3 nitrogen and oxygen atoms in total. The van der Waals surface area contributed by atoms with E-state index in [1.165, 1.54) is 11.3 Å². The molecule has 2 aromatic rings. The van der Waals surface area contributed by atoms with E-state index in [9.17, 15) is 4.79 Å². The average molecular weight is 296 g/mol. The van der Waals surface area contributed by atoms with E-state index < -0.39 is 0 Å². The molecule has 0 bridgehead atoms. The van der Waals surface area contributed by atoms with Crippen LogP contribution in [0.3, 0.4) is 0 Å². The van der Waals surface area contributed by atoms with Gasteiger partial charge in [0.1, 0.15) is 0 Å². The van der Waals surface area contributed by atoms with Crippen molar-refractivity contribution in [3.8, 4) is 0 Å². The van der Waals surface area contributed by atoms with E-state index >= 15 is 0 Å². The normalized spacial score (nSPS) is 10.5. The van der Waals surface area contributed by atoms with Gasteiger partial charge in [0, 0.05) is 16.3 Å². The summed E-state index contributed by atoms with van der Waals surface area (Å²) in [6, 6.07) is 7.64. The Balaban J connectivity index is 2.21. The van der Waals surface area contributed by atoms with Gasteiger partial charge in [-0.05, 0) is 25.5 Å². The highest BCUT2D eigenvalue weighted by molar-refractivity contribution is 7.11. The molecule has 0 amide bonds. The minimum Gasteiger partial charge on any atom is -0.461 e. The van der Waals surface area contributed by atoms with Crippen molar-refractivity contribution in [1.82, 2.24) is 4.98 Å². The predicted octanol–water partition coefficient (Wildman–Crippen LogP) is 3.87. The molecule has 0 fully saturated rings. The highest BCUT2D eigenvalue weighted by Gasteiger charge is 2.16. The second-order valence-corrected chi connectivity index (χ2v) is 5.70. The number of hydrogen-bond acceptors (Lipinski definition) is 4. The topological polar surface area (TPSA) is 39.2 Å². The maximum atomic E-state index is 11.7. The zero-order valence-corrected chi connectivity index (χ0v) is 12.3. The quantitative estimate of drug-likeness (QED) is 0.804. The molecule has 0 unspecified atom stereocenters. The second kappa shape index (κ2) is 6.17. The molecular weight excluding hydrogens is 282 g/mol. The van der Waals surface area contributed by atoms with Crippen LogP contribution in [0.15, 0.2) is 24.3 Å². The standard InChI is InChI=1S/C14H14ClNO2S/c1-3-18-14(17)13-9(2)19-12(16-13)8-10-6-4-5-7-11(10)15/h4-7H,3,8H2,1-2H3. The molecule has 1 aromatic heterocycles. The number of thiazole rings is 1. The lowest BCUT2D eigenvalue weighted by atomic mass is 10.1. The number of halogens is 1. The van der Waals surface area contributed by atoms with Gasteiger partial charge in [-0.15, -0.1) is 11.3 Å². The smallest absolute Gasteiger partial charge is 0.358 e. The highest BCUT2D eigenvalue weighted by Crippen LogP contribution is 2.24. The number of nitrogens with zero attached hydrogens (tertiary/aromatic N) is 1. The van der Waals surface area contributed by atoms with Gasteiger partial charge < -0.3 is 4.74 Å². The first kappa shape index (κ1) is 14.0. The summed E-state index contributed by atoms with van der Waals surface area (Å²) >= 11 is 7.62. The lowest BCUT2D eigenvalue weighted by Gasteiger charge is -2.00. The van der Waals surface area contributed by atoms with Crippen LogP contribution in [0, 0.1) is 6.92 Å². The van der Waals surface area contributed by atoms with Crippen molar-refractivity contribution in [3.05, 3.63) is 50.4 Å². The molecule has 0 saturated carbocycles. The van der Waals surface area contributed by atoms with Crippen LogP contribution in [0.5, 0.6) is 0 Å². The van der Waals surface area contributed by atoms with Crippen molar-refractivity contribution in [2.75, 3.05) is 6.61 Å². The van der Waals surface area contributed by atoms with Gasteiger partial charge in [0.2, 0.25) is 0 Å². The zero-order valence-electron chi connectivity index (χ0n) is 10.8. The number of rotatable bonds is 4. The molecule has 0 saturated heterocycles. The number of aryl methyl sites for hydroxylation is 1. The van der Waals surface area contributed by atoms with Crippen LogP contribution in [-0.2, 0) is 11.2 Å². The summed E-state index contributed by atoms with van der Waals surface area (Å²) in [7, 11) is 0. The highest BCUT2D eigenvalue weighted by atomic mass is 35.5. The Morgan fingerprint density at radius 2 is 2.16 bits per heavy atom. The van der Waals surface area contributed by atoms with Crippen LogP contribution >= 0.6 is 22.9 Å². The maximum Gasteiger partial charge on any atom is 0.358 e. The molecule has 0 radical (unpaired) electrons. The summed E-state index contributed by atoms with van der Waals surface area (Å²) < 4.78 is 4.98.